The first kappa shape index (κ1) is 13.8. The fourth-order valence-electron chi connectivity index (χ4n) is 2.10. The highest BCUT2D eigenvalue weighted by Gasteiger charge is 2.17. The maximum absolute atomic E-state index is 11.0. The lowest BCUT2D eigenvalue weighted by atomic mass is 9.88. The van der Waals surface area contributed by atoms with Crippen molar-refractivity contribution in [3.63, 3.8) is 0 Å². The minimum atomic E-state index is -0.861. The molecule has 2 heteroatoms. The molecule has 0 aromatic carbocycles. The van der Waals surface area contributed by atoms with Crippen LogP contribution in [0.25, 0.3) is 0 Å². The molecule has 1 aliphatic carbocycles. The van der Waals surface area contributed by atoms with Crippen LogP contribution in [0, 0.1) is 5.92 Å². The van der Waals surface area contributed by atoms with Gasteiger partial charge in [-0.3, -0.25) is 0 Å². The third kappa shape index (κ3) is 4.59. The van der Waals surface area contributed by atoms with Crippen molar-refractivity contribution < 1.29 is 9.90 Å². The summed E-state index contributed by atoms with van der Waals surface area (Å²) in [6.07, 6.45) is 9.28. The zero-order valence-electron chi connectivity index (χ0n) is 10.8. The number of rotatable bonds is 2. The first-order chi connectivity index (χ1) is 8.00. The van der Waals surface area contributed by atoms with Crippen LogP contribution in [0.15, 0.2) is 35.5 Å². The molecule has 1 N–H and O–H groups in total. The summed E-state index contributed by atoms with van der Waals surface area (Å²) in [5.41, 5.74) is 3.06. The second-order valence-corrected chi connectivity index (χ2v) is 4.94. The van der Waals surface area contributed by atoms with E-state index in [4.69, 9.17) is 5.11 Å². The SMILES string of the molecule is C=C(C(=O)O)[C@H]1CC=C(C)CCC=C(C)CC1. The van der Waals surface area contributed by atoms with Crippen molar-refractivity contribution in [3.05, 3.63) is 35.5 Å². The van der Waals surface area contributed by atoms with Crippen LogP contribution >= 0.6 is 0 Å². The summed E-state index contributed by atoms with van der Waals surface area (Å²) in [7, 11) is 0. The Balaban J connectivity index is 2.79. The minimum absolute atomic E-state index is 0.0731. The van der Waals surface area contributed by atoms with Gasteiger partial charge < -0.3 is 5.11 Å². The second kappa shape index (κ2) is 6.43. The van der Waals surface area contributed by atoms with Gasteiger partial charge in [-0.15, -0.1) is 0 Å². The molecule has 17 heavy (non-hydrogen) atoms. The van der Waals surface area contributed by atoms with Crippen LogP contribution in [0.5, 0.6) is 0 Å². The molecule has 1 rings (SSSR count). The summed E-state index contributed by atoms with van der Waals surface area (Å²) in [5.74, 6) is -0.788. The first-order valence-corrected chi connectivity index (χ1v) is 6.24. The summed E-state index contributed by atoms with van der Waals surface area (Å²) in [5, 5.41) is 9.02. The van der Waals surface area contributed by atoms with Crippen LogP contribution in [0.1, 0.15) is 46.0 Å². The average molecular weight is 234 g/mol. The summed E-state index contributed by atoms with van der Waals surface area (Å²) < 4.78 is 0. The van der Waals surface area contributed by atoms with E-state index in [1.54, 1.807) is 0 Å². The van der Waals surface area contributed by atoms with E-state index in [9.17, 15) is 4.79 Å². The predicted octanol–water partition coefficient (Wildman–Crippen LogP) is 4.10. The Morgan fingerprint density at radius 3 is 2.59 bits per heavy atom. The van der Waals surface area contributed by atoms with Crippen LogP contribution in [0.4, 0.5) is 0 Å². The molecule has 0 unspecified atom stereocenters. The van der Waals surface area contributed by atoms with Gasteiger partial charge in [0.25, 0.3) is 0 Å². The van der Waals surface area contributed by atoms with Crippen LogP contribution < -0.4 is 0 Å². The number of carboxylic acids is 1. The molecule has 0 fully saturated rings. The Labute approximate surface area is 104 Å². The number of carbonyl (C=O) groups is 1. The van der Waals surface area contributed by atoms with E-state index in [0.29, 0.717) is 5.57 Å². The molecule has 1 atom stereocenters. The molecule has 0 aromatic heterocycles. The molecule has 0 spiro atoms. The Morgan fingerprint density at radius 1 is 1.29 bits per heavy atom. The molecule has 0 amide bonds. The van der Waals surface area contributed by atoms with Gasteiger partial charge in [-0.1, -0.05) is 29.9 Å². The third-order valence-corrected chi connectivity index (χ3v) is 3.44. The van der Waals surface area contributed by atoms with Crippen LogP contribution in [0.3, 0.4) is 0 Å². The van der Waals surface area contributed by atoms with E-state index in [-0.39, 0.29) is 5.92 Å². The molecule has 94 valence electrons. The largest absolute Gasteiger partial charge is 0.478 e. The summed E-state index contributed by atoms with van der Waals surface area (Å²) >= 11 is 0. The quantitative estimate of drug-likeness (QED) is 0.577. The highest BCUT2D eigenvalue weighted by atomic mass is 16.4. The predicted molar refractivity (Wildman–Crippen MR) is 70.9 cm³/mol. The van der Waals surface area contributed by atoms with Gasteiger partial charge in [-0.25, -0.2) is 4.79 Å². The van der Waals surface area contributed by atoms with Gasteiger partial charge in [-0.05, 0) is 51.9 Å². The Kier molecular flexibility index (Phi) is 5.20. The second-order valence-electron chi connectivity index (χ2n) is 4.94. The molecule has 0 aliphatic heterocycles. The molecule has 0 aromatic rings. The summed E-state index contributed by atoms with van der Waals surface area (Å²) in [4.78, 5) is 11.0. The lowest BCUT2D eigenvalue weighted by molar-refractivity contribution is -0.133. The summed E-state index contributed by atoms with van der Waals surface area (Å²) in [6, 6.07) is 0. The highest BCUT2D eigenvalue weighted by molar-refractivity contribution is 5.86. The van der Waals surface area contributed by atoms with Crippen LogP contribution in [0.2, 0.25) is 0 Å². The normalized spacial score (nSPS) is 22.4. The maximum atomic E-state index is 11.0. The van der Waals surface area contributed by atoms with Crippen LogP contribution in [-0.4, -0.2) is 11.1 Å². The van der Waals surface area contributed by atoms with E-state index in [2.05, 4.69) is 32.6 Å². The topological polar surface area (TPSA) is 37.3 Å². The van der Waals surface area contributed by atoms with Gasteiger partial charge in [-0.2, -0.15) is 0 Å². The number of aliphatic carboxylic acids is 1. The lowest BCUT2D eigenvalue weighted by Gasteiger charge is -2.17. The molecule has 0 saturated carbocycles. The lowest BCUT2D eigenvalue weighted by Crippen LogP contribution is -2.12. The van der Waals surface area contributed by atoms with Gasteiger partial charge in [0.2, 0.25) is 0 Å². The Hall–Kier alpha value is -1.31. The average Bonchev–Trinajstić information content (AvgIpc) is 2.28. The monoisotopic (exact) mass is 234 g/mol. The van der Waals surface area contributed by atoms with E-state index in [1.165, 1.54) is 11.1 Å². The molecular weight excluding hydrogens is 212 g/mol. The molecule has 0 saturated heterocycles. The van der Waals surface area contributed by atoms with Gasteiger partial charge in [0.1, 0.15) is 0 Å². The highest BCUT2D eigenvalue weighted by Crippen LogP contribution is 2.25. The molecule has 0 heterocycles. The zero-order valence-corrected chi connectivity index (χ0v) is 10.8. The van der Waals surface area contributed by atoms with Gasteiger partial charge in [0.05, 0.1) is 0 Å². The van der Waals surface area contributed by atoms with Crippen molar-refractivity contribution in [1.82, 2.24) is 0 Å². The Bertz CT molecular complexity index is 361. The van der Waals surface area contributed by atoms with Crippen molar-refractivity contribution in [2.24, 2.45) is 5.92 Å². The van der Waals surface area contributed by atoms with Gasteiger partial charge in [0.15, 0.2) is 0 Å². The van der Waals surface area contributed by atoms with E-state index < -0.39 is 5.97 Å². The van der Waals surface area contributed by atoms with Gasteiger partial charge >= 0.3 is 5.97 Å². The summed E-state index contributed by atoms with van der Waals surface area (Å²) in [6.45, 7) is 7.95. The van der Waals surface area contributed by atoms with Gasteiger partial charge in [0, 0.05) is 5.57 Å². The van der Waals surface area contributed by atoms with Crippen molar-refractivity contribution >= 4 is 5.97 Å². The van der Waals surface area contributed by atoms with Crippen molar-refractivity contribution in [2.75, 3.05) is 0 Å². The molecule has 0 radical (unpaired) electrons. The standard InChI is InChI=1S/C15H22O2/c1-11-5-4-6-12(2)8-10-14(9-7-11)13(3)15(16)17/h5,8,14H,3-4,6-7,9-10H2,1-2H3,(H,16,17)/t14-/m1/s1. The molecule has 2 nitrogen and oxygen atoms in total. The van der Waals surface area contributed by atoms with E-state index in [1.807, 2.05) is 0 Å². The number of allylic oxidation sites excluding steroid dienone is 4. The number of hydrogen-bond donors (Lipinski definition) is 1. The fourth-order valence-corrected chi connectivity index (χ4v) is 2.10. The van der Waals surface area contributed by atoms with Crippen LogP contribution in [-0.2, 0) is 4.79 Å². The van der Waals surface area contributed by atoms with E-state index >= 15 is 0 Å². The smallest absolute Gasteiger partial charge is 0.331 e. The number of carboxylic acid groups (broad SMARTS) is 1. The fraction of sp³-hybridized carbons (Fsp3) is 0.533. The van der Waals surface area contributed by atoms with Crippen molar-refractivity contribution in [2.45, 2.75) is 46.0 Å². The molecule has 0 bridgehead atoms. The maximum Gasteiger partial charge on any atom is 0.331 e. The van der Waals surface area contributed by atoms with Crippen molar-refractivity contribution in [1.29, 1.82) is 0 Å². The Morgan fingerprint density at radius 2 is 1.94 bits per heavy atom. The third-order valence-electron chi connectivity index (χ3n) is 3.44. The minimum Gasteiger partial charge on any atom is -0.478 e. The van der Waals surface area contributed by atoms with E-state index in [0.717, 1.165) is 32.1 Å². The van der Waals surface area contributed by atoms with Crippen molar-refractivity contribution in [3.8, 4) is 0 Å². The molecule has 1 aliphatic rings. The molecular formula is C15H22O2. The zero-order chi connectivity index (χ0) is 12.8. The first-order valence-electron chi connectivity index (χ1n) is 6.24. The number of hydrogen-bond acceptors (Lipinski definition) is 1.